The molecule has 224 valence electrons. The number of aryl methyl sites for hydroxylation is 1. The third-order valence-corrected chi connectivity index (χ3v) is 9.08. The summed E-state index contributed by atoms with van der Waals surface area (Å²) in [6.07, 6.45) is 4.71. The molecule has 8 heteroatoms. The number of ether oxygens (including phenoxy) is 1. The van der Waals surface area contributed by atoms with Crippen molar-refractivity contribution in [2.75, 3.05) is 7.11 Å². The van der Waals surface area contributed by atoms with Crippen LogP contribution in [0.1, 0.15) is 96.7 Å². The Morgan fingerprint density at radius 2 is 1.81 bits per heavy atom. The summed E-state index contributed by atoms with van der Waals surface area (Å²) in [4.78, 5) is 44.6. The van der Waals surface area contributed by atoms with Crippen LogP contribution in [0.25, 0.3) is 17.3 Å². The maximum atomic E-state index is 14.2. The van der Waals surface area contributed by atoms with Crippen molar-refractivity contribution in [2.45, 2.75) is 65.2 Å². The van der Waals surface area contributed by atoms with Gasteiger partial charge in [-0.15, -0.1) is 0 Å². The lowest BCUT2D eigenvalue weighted by Gasteiger charge is -2.32. The molecule has 2 aromatic heterocycles. The maximum absolute atomic E-state index is 14.2. The Morgan fingerprint density at radius 1 is 1.12 bits per heavy atom. The van der Waals surface area contributed by atoms with Crippen LogP contribution in [-0.2, 0) is 11.8 Å². The molecule has 2 aliphatic rings. The van der Waals surface area contributed by atoms with Gasteiger partial charge < -0.3 is 19.5 Å². The third-order valence-electron chi connectivity index (χ3n) is 9.08. The largest absolute Gasteiger partial charge is 0.507 e. The van der Waals surface area contributed by atoms with Gasteiger partial charge in [-0.25, -0.2) is 9.78 Å². The van der Waals surface area contributed by atoms with Crippen LogP contribution in [0.2, 0.25) is 0 Å². The topological polar surface area (TPSA) is 119 Å². The first-order valence-corrected chi connectivity index (χ1v) is 14.5. The highest BCUT2D eigenvalue weighted by atomic mass is 16.5. The van der Waals surface area contributed by atoms with Crippen LogP contribution in [0.5, 0.6) is 11.5 Å². The minimum Gasteiger partial charge on any atom is -0.507 e. The number of Topliss-reactive ketones (excluding diaryl/α,β-unsaturated/α-hetero) is 1. The van der Waals surface area contributed by atoms with Crippen molar-refractivity contribution in [2.24, 2.45) is 12.5 Å². The standard InChI is InChI=1S/C35H38N2O6/c1-8-21-22(23-11-9-19(4)32(36-23)34(41)42)10-12-27(43-7)29(21)31(28-20(5)16-35(13-14-35)17-26(28)39)30-25(38)15-24(18(2)3)37(6)33(30)40/h8-12,15,18,31,38H,1,13-14,16-17H2,2-7H3,(H,41,42)/t31-/m1/s1. The van der Waals surface area contributed by atoms with Crippen molar-refractivity contribution in [3.05, 3.63) is 92.1 Å². The number of hydrogen-bond donors (Lipinski definition) is 2. The highest BCUT2D eigenvalue weighted by Crippen LogP contribution is 2.59. The van der Waals surface area contributed by atoms with Crippen LogP contribution in [0.4, 0.5) is 0 Å². The van der Waals surface area contributed by atoms with Crippen molar-refractivity contribution >= 4 is 17.8 Å². The Kier molecular flexibility index (Phi) is 7.67. The average Bonchev–Trinajstić information content (AvgIpc) is 3.70. The number of carboxylic acids is 1. The van der Waals surface area contributed by atoms with Crippen LogP contribution in [0.15, 0.2) is 52.9 Å². The highest BCUT2D eigenvalue weighted by molar-refractivity contribution is 6.01. The molecule has 0 bridgehead atoms. The Bertz CT molecular complexity index is 1770. The number of aromatic carboxylic acids is 1. The molecule has 0 unspecified atom stereocenters. The van der Waals surface area contributed by atoms with E-state index in [1.807, 2.05) is 20.8 Å². The number of carbonyl (C=O) groups is 2. The zero-order valence-corrected chi connectivity index (χ0v) is 25.6. The predicted molar refractivity (Wildman–Crippen MR) is 166 cm³/mol. The second-order valence-corrected chi connectivity index (χ2v) is 12.3. The van der Waals surface area contributed by atoms with Crippen LogP contribution >= 0.6 is 0 Å². The van der Waals surface area contributed by atoms with E-state index in [2.05, 4.69) is 11.6 Å². The molecule has 8 nitrogen and oxygen atoms in total. The van der Waals surface area contributed by atoms with Gasteiger partial charge in [0.05, 0.1) is 24.3 Å². The first kappa shape index (κ1) is 30.0. The number of ketones is 1. The predicted octanol–water partition coefficient (Wildman–Crippen LogP) is 6.53. The molecule has 1 spiro atoms. The van der Waals surface area contributed by atoms with Gasteiger partial charge in [-0.3, -0.25) is 9.59 Å². The number of benzene rings is 1. The monoisotopic (exact) mass is 582 g/mol. The lowest BCUT2D eigenvalue weighted by atomic mass is 9.71. The van der Waals surface area contributed by atoms with Crippen LogP contribution in [0.3, 0.4) is 0 Å². The molecule has 2 heterocycles. The summed E-state index contributed by atoms with van der Waals surface area (Å²) in [6.45, 7) is 11.6. The van der Waals surface area contributed by atoms with E-state index in [1.165, 1.54) is 11.7 Å². The molecule has 1 atom stereocenters. The molecule has 1 saturated carbocycles. The van der Waals surface area contributed by atoms with Crippen molar-refractivity contribution in [1.29, 1.82) is 0 Å². The fourth-order valence-electron chi connectivity index (χ4n) is 6.74. The fraction of sp³-hybridized carbons (Fsp3) is 0.371. The van der Waals surface area contributed by atoms with Gasteiger partial charge in [0.2, 0.25) is 0 Å². The van der Waals surface area contributed by atoms with Gasteiger partial charge in [-0.2, -0.15) is 0 Å². The number of aromatic nitrogens is 2. The highest BCUT2D eigenvalue weighted by Gasteiger charge is 2.49. The summed E-state index contributed by atoms with van der Waals surface area (Å²) < 4.78 is 7.39. The zero-order chi connectivity index (χ0) is 31.4. The SMILES string of the molecule is C=Cc1c(-c2ccc(C)c(C(=O)O)n2)ccc(OC)c1[C@@H](C1=C(C)CC2(CC2)CC1=O)c1c(O)cc(C(C)C)n(C)c1=O. The normalized spacial score (nSPS) is 16.5. The van der Waals surface area contributed by atoms with E-state index < -0.39 is 17.4 Å². The lowest BCUT2D eigenvalue weighted by Crippen LogP contribution is -2.31. The summed E-state index contributed by atoms with van der Waals surface area (Å²) >= 11 is 0. The lowest BCUT2D eigenvalue weighted by molar-refractivity contribution is -0.117. The van der Waals surface area contributed by atoms with E-state index in [0.717, 1.165) is 24.8 Å². The molecule has 1 fully saturated rings. The first-order valence-electron chi connectivity index (χ1n) is 14.5. The molecule has 2 N–H and O–H groups in total. The molecule has 0 radical (unpaired) electrons. The minimum absolute atomic E-state index is 0.0179. The van der Waals surface area contributed by atoms with Gasteiger partial charge in [0, 0.05) is 41.9 Å². The molecule has 1 aromatic carbocycles. The summed E-state index contributed by atoms with van der Waals surface area (Å²) in [5.74, 6) is -1.97. The summed E-state index contributed by atoms with van der Waals surface area (Å²) in [5, 5.41) is 21.3. The third kappa shape index (κ3) is 5.09. The van der Waals surface area contributed by atoms with E-state index in [4.69, 9.17) is 4.74 Å². The quantitative estimate of drug-likeness (QED) is 0.310. The number of pyridine rings is 2. The molecule has 3 aromatic rings. The second kappa shape index (κ2) is 11.0. The van der Waals surface area contributed by atoms with Gasteiger partial charge in [-0.05, 0) is 73.8 Å². The van der Waals surface area contributed by atoms with Crippen molar-refractivity contribution < 1.29 is 24.5 Å². The number of nitrogens with zero attached hydrogens (tertiary/aromatic N) is 2. The number of rotatable bonds is 8. The van der Waals surface area contributed by atoms with Crippen molar-refractivity contribution in [3.8, 4) is 22.8 Å². The first-order chi connectivity index (χ1) is 20.3. The zero-order valence-electron chi connectivity index (χ0n) is 25.6. The maximum Gasteiger partial charge on any atom is 0.354 e. The number of carbonyl (C=O) groups excluding carboxylic acids is 1. The van der Waals surface area contributed by atoms with E-state index in [-0.39, 0.29) is 34.1 Å². The number of methoxy groups -OCH3 is 1. The van der Waals surface area contributed by atoms with Crippen LogP contribution in [0, 0.1) is 12.3 Å². The molecule has 0 aliphatic heterocycles. The summed E-state index contributed by atoms with van der Waals surface area (Å²) in [5.41, 5.74) is 4.12. The second-order valence-electron chi connectivity index (χ2n) is 12.3. The number of carboxylic acid groups (broad SMARTS) is 1. The van der Waals surface area contributed by atoms with Crippen LogP contribution < -0.4 is 10.3 Å². The fourth-order valence-corrected chi connectivity index (χ4v) is 6.74. The molecule has 0 saturated heterocycles. The molecule has 5 rings (SSSR count). The van der Waals surface area contributed by atoms with Gasteiger partial charge in [0.15, 0.2) is 11.5 Å². The Hall–Kier alpha value is -4.46. The summed E-state index contributed by atoms with van der Waals surface area (Å²) in [6, 6.07) is 8.52. The summed E-state index contributed by atoms with van der Waals surface area (Å²) in [7, 11) is 3.19. The smallest absolute Gasteiger partial charge is 0.354 e. The molecule has 0 amide bonds. The van der Waals surface area contributed by atoms with E-state index >= 15 is 0 Å². The Balaban J connectivity index is 1.89. The van der Waals surface area contributed by atoms with Gasteiger partial charge in [0.25, 0.3) is 5.56 Å². The molecular weight excluding hydrogens is 544 g/mol. The molecule has 2 aliphatic carbocycles. The van der Waals surface area contributed by atoms with Gasteiger partial charge >= 0.3 is 5.97 Å². The number of aromatic hydroxyl groups is 1. The van der Waals surface area contributed by atoms with E-state index in [0.29, 0.717) is 51.4 Å². The number of allylic oxidation sites excluding steroid dienone is 2. The Labute approximate surface area is 251 Å². The molecule has 43 heavy (non-hydrogen) atoms. The van der Waals surface area contributed by atoms with Crippen LogP contribution in [-0.4, -0.2) is 38.6 Å². The average molecular weight is 583 g/mol. The van der Waals surface area contributed by atoms with Crippen molar-refractivity contribution in [1.82, 2.24) is 9.55 Å². The van der Waals surface area contributed by atoms with Gasteiger partial charge in [-0.1, -0.05) is 38.1 Å². The van der Waals surface area contributed by atoms with E-state index in [9.17, 15) is 24.6 Å². The minimum atomic E-state index is -1.15. The van der Waals surface area contributed by atoms with E-state index in [1.54, 1.807) is 50.4 Å². The number of hydrogen-bond acceptors (Lipinski definition) is 6. The van der Waals surface area contributed by atoms with Crippen molar-refractivity contribution in [3.63, 3.8) is 0 Å². The Morgan fingerprint density at radius 3 is 2.37 bits per heavy atom. The van der Waals surface area contributed by atoms with Gasteiger partial charge in [0.1, 0.15) is 11.5 Å². The molecular formula is C35H38N2O6.